The number of carbonyl (C=O) groups excluding carboxylic acids is 1. The molecule has 3 rings (SSSR count). The van der Waals surface area contributed by atoms with Crippen LogP contribution in [0.1, 0.15) is 37.9 Å². The molecule has 10 nitrogen and oxygen atoms in total. The first-order valence-electron chi connectivity index (χ1n) is 12.4. The number of methoxy groups -OCH3 is 2. The number of aliphatic hydroxyl groups excluding tert-OH is 1. The number of nitrogens with one attached hydrogen (secondary N) is 1. The maximum Gasteiger partial charge on any atom is 0.326 e. The Kier molecular flexibility index (Phi) is 9.61. The van der Waals surface area contributed by atoms with E-state index in [1.54, 1.807) is 59.7 Å². The third-order valence-electron chi connectivity index (χ3n) is 6.07. The number of carbonyl (C=O) groups is 1. The number of aliphatic hydroxyl groups is 1. The van der Waals surface area contributed by atoms with Crippen molar-refractivity contribution in [3.63, 3.8) is 0 Å². The fourth-order valence-corrected chi connectivity index (χ4v) is 4.39. The summed E-state index contributed by atoms with van der Waals surface area (Å²) in [4.78, 5) is 29.7. The van der Waals surface area contributed by atoms with Crippen LogP contribution in [0.5, 0.6) is 0 Å². The number of hydrogen-bond acceptors (Lipinski definition) is 8. The Balaban J connectivity index is 2.07. The van der Waals surface area contributed by atoms with E-state index in [4.69, 9.17) is 19.2 Å². The molecule has 2 aromatic heterocycles. The van der Waals surface area contributed by atoms with Gasteiger partial charge in [-0.1, -0.05) is 6.07 Å². The first kappa shape index (κ1) is 28.5. The van der Waals surface area contributed by atoms with E-state index in [0.29, 0.717) is 31.1 Å². The third-order valence-corrected chi connectivity index (χ3v) is 6.07. The van der Waals surface area contributed by atoms with Crippen LogP contribution in [-0.2, 0) is 32.6 Å². The van der Waals surface area contributed by atoms with Crippen LogP contribution in [0.4, 0.5) is 0 Å². The zero-order chi connectivity index (χ0) is 27.3. The molecule has 0 fully saturated rings. The Labute approximate surface area is 217 Å². The largest absolute Gasteiger partial charge is 0.462 e. The van der Waals surface area contributed by atoms with Crippen LogP contribution in [-0.4, -0.2) is 70.9 Å². The summed E-state index contributed by atoms with van der Waals surface area (Å²) in [5, 5.41) is 13.3. The van der Waals surface area contributed by atoms with Crippen LogP contribution >= 0.6 is 0 Å². The second kappa shape index (κ2) is 12.5. The van der Waals surface area contributed by atoms with E-state index in [2.05, 4.69) is 9.88 Å². The van der Waals surface area contributed by atoms with Crippen molar-refractivity contribution >= 4 is 17.0 Å². The summed E-state index contributed by atoms with van der Waals surface area (Å²) in [6.07, 6.45) is 0.576. The van der Waals surface area contributed by atoms with E-state index in [9.17, 15) is 14.7 Å². The number of pyridine rings is 1. The van der Waals surface area contributed by atoms with Gasteiger partial charge < -0.3 is 28.5 Å². The molecule has 0 aliphatic carbocycles. The summed E-state index contributed by atoms with van der Waals surface area (Å²) in [5.74, 6) is 0.198. The molecule has 10 heteroatoms. The summed E-state index contributed by atoms with van der Waals surface area (Å²) in [7, 11) is 5.00. The van der Waals surface area contributed by atoms with Crippen molar-refractivity contribution in [1.29, 1.82) is 0 Å². The molecule has 0 saturated heterocycles. The molecule has 1 aromatic carbocycles. The van der Waals surface area contributed by atoms with Crippen LogP contribution in [0.15, 0.2) is 35.3 Å². The van der Waals surface area contributed by atoms with Gasteiger partial charge in [0.05, 0.1) is 42.5 Å². The lowest BCUT2D eigenvalue weighted by Gasteiger charge is -2.22. The van der Waals surface area contributed by atoms with E-state index in [-0.39, 0.29) is 17.7 Å². The van der Waals surface area contributed by atoms with E-state index in [1.165, 1.54) is 0 Å². The second-order valence-electron chi connectivity index (χ2n) is 9.61. The summed E-state index contributed by atoms with van der Waals surface area (Å²) in [5.41, 5.74) is 3.89. The van der Waals surface area contributed by atoms with Gasteiger partial charge in [0.1, 0.15) is 11.9 Å². The number of aryl methyl sites for hydroxylation is 2. The molecular weight excluding hydrogens is 476 g/mol. The predicted octanol–water partition coefficient (Wildman–Crippen LogP) is 2.33. The van der Waals surface area contributed by atoms with Crippen LogP contribution in [0.2, 0.25) is 0 Å². The number of ether oxygens (including phenoxy) is 3. The molecule has 0 radical (unpaired) electrons. The molecule has 0 aliphatic rings. The zero-order valence-corrected chi connectivity index (χ0v) is 22.6. The van der Waals surface area contributed by atoms with Crippen LogP contribution < -0.4 is 10.9 Å². The monoisotopic (exact) mass is 514 g/mol. The third kappa shape index (κ3) is 6.64. The quantitative estimate of drug-likeness (QED) is 0.354. The molecule has 0 aliphatic heterocycles. The van der Waals surface area contributed by atoms with Gasteiger partial charge in [-0.3, -0.25) is 14.9 Å². The minimum Gasteiger partial charge on any atom is -0.462 e. The van der Waals surface area contributed by atoms with Gasteiger partial charge in [0.2, 0.25) is 0 Å². The normalized spacial score (nSPS) is 13.5. The fraction of sp³-hybridized carbons (Fsp3) is 0.519. The van der Waals surface area contributed by atoms with Crippen molar-refractivity contribution in [2.75, 3.05) is 27.4 Å². The van der Waals surface area contributed by atoms with E-state index < -0.39 is 18.1 Å². The summed E-state index contributed by atoms with van der Waals surface area (Å²) < 4.78 is 19.9. The van der Waals surface area contributed by atoms with Crippen LogP contribution in [0.25, 0.3) is 22.4 Å². The van der Waals surface area contributed by atoms with E-state index in [0.717, 1.165) is 22.2 Å². The molecule has 2 heterocycles. The standard InChI is InChI=1S/C27H38N4O6/c1-16(2)37-27(34)24(18(4)32)28-12-19-8-9-22-23(11-19)31(21(14-35-6)15-36-7)25(29-22)20-10-17(3)26(33)30(5)13-20/h8-11,13,16,18,21,24,28,32H,12,14-15H2,1-7H3. The highest BCUT2D eigenvalue weighted by Gasteiger charge is 2.26. The first-order chi connectivity index (χ1) is 17.6. The van der Waals surface area contributed by atoms with Crippen LogP contribution in [0, 0.1) is 6.92 Å². The van der Waals surface area contributed by atoms with Crippen molar-refractivity contribution < 1.29 is 24.1 Å². The topological polar surface area (TPSA) is 117 Å². The number of esters is 1. The Morgan fingerprint density at radius 3 is 2.38 bits per heavy atom. The first-order valence-corrected chi connectivity index (χ1v) is 12.4. The van der Waals surface area contributed by atoms with E-state index in [1.807, 2.05) is 24.3 Å². The lowest BCUT2D eigenvalue weighted by molar-refractivity contribution is -0.152. The SMILES string of the molecule is COCC(COC)n1c(-c2cc(C)c(=O)n(C)c2)nc2ccc(CNC(C(=O)OC(C)C)C(C)O)cc21. The van der Waals surface area contributed by atoms with E-state index >= 15 is 0 Å². The summed E-state index contributed by atoms with van der Waals surface area (Å²) in [6.45, 7) is 8.00. The maximum absolute atomic E-state index is 12.4. The number of imidazole rings is 1. The molecule has 2 N–H and O–H groups in total. The van der Waals surface area contributed by atoms with Gasteiger partial charge in [-0.15, -0.1) is 0 Å². The molecule has 0 saturated carbocycles. The highest BCUT2D eigenvalue weighted by atomic mass is 16.5. The van der Waals surface area contributed by atoms with Gasteiger partial charge in [0.25, 0.3) is 5.56 Å². The minimum absolute atomic E-state index is 0.0613. The fourth-order valence-electron chi connectivity index (χ4n) is 4.39. The molecular formula is C27H38N4O6. The zero-order valence-electron chi connectivity index (χ0n) is 22.6. The average Bonchev–Trinajstić information content (AvgIpc) is 3.20. The van der Waals surface area contributed by atoms with Gasteiger partial charge in [0.15, 0.2) is 0 Å². The number of fused-ring (bicyclic) bond motifs is 1. The molecule has 0 bridgehead atoms. The number of aromatic nitrogens is 3. The number of nitrogens with zero attached hydrogens (tertiary/aromatic N) is 3. The lowest BCUT2D eigenvalue weighted by atomic mass is 10.1. The van der Waals surface area contributed by atoms with Gasteiger partial charge >= 0.3 is 5.97 Å². The molecule has 0 amide bonds. The number of benzene rings is 1. The molecule has 2 atom stereocenters. The van der Waals surface area contributed by atoms with Crippen molar-refractivity contribution in [1.82, 2.24) is 19.4 Å². The molecule has 0 spiro atoms. The van der Waals surface area contributed by atoms with Gasteiger partial charge in [0, 0.05) is 45.1 Å². The molecule has 3 aromatic rings. The molecule has 37 heavy (non-hydrogen) atoms. The van der Waals surface area contributed by atoms with Crippen molar-refractivity contribution in [3.8, 4) is 11.4 Å². The van der Waals surface area contributed by atoms with Gasteiger partial charge in [-0.05, 0) is 51.5 Å². The highest BCUT2D eigenvalue weighted by molar-refractivity contribution is 5.82. The Morgan fingerprint density at radius 2 is 1.81 bits per heavy atom. The second-order valence-corrected chi connectivity index (χ2v) is 9.61. The van der Waals surface area contributed by atoms with Crippen molar-refractivity contribution in [3.05, 3.63) is 51.9 Å². The Bertz CT molecular complexity index is 1250. The maximum atomic E-state index is 12.4. The number of hydrogen-bond donors (Lipinski definition) is 2. The highest BCUT2D eigenvalue weighted by Crippen LogP contribution is 2.30. The number of rotatable bonds is 12. The molecule has 2 unspecified atom stereocenters. The van der Waals surface area contributed by atoms with Crippen molar-refractivity contribution in [2.24, 2.45) is 7.05 Å². The Hall–Kier alpha value is -3.05. The van der Waals surface area contributed by atoms with Gasteiger partial charge in [-0.25, -0.2) is 4.98 Å². The minimum atomic E-state index is -0.923. The molecule has 202 valence electrons. The smallest absolute Gasteiger partial charge is 0.326 e. The average molecular weight is 515 g/mol. The predicted molar refractivity (Wildman–Crippen MR) is 141 cm³/mol. The van der Waals surface area contributed by atoms with Crippen LogP contribution in [0.3, 0.4) is 0 Å². The lowest BCUT2D eigenvalue weighted by Crippen LogP contribution is -2.46. The summed E-state index contributed by atoms with van der Waals surface area (Å²) in [6, 6.07) is 6.65. The van der Waals surface area contributed by atoms with Crippen molar-refractivity contribution in [2.45, 2.75) is 58.5 Å². The Morgan fingerprint density at radius 1 is 1.14 bits per heavy atom. The summed E-state index contributed by atoms with van der Waals surface area (Å²) >= 11 is 0. The van der Waals surface area contributed by atoms with Gasteiger partial charge in [-0.2, -0.15) is 0 Å².